The van der Waals surface area contributed by atoms with Crippen LogP contribution < -0.4 is 10.7 Å². The molecule has 0 aliphatic heterocycles. The van der Waals surface area contributed by atoms with Crippen molar-refractivity contribution in [1.29, 1.82) is 0 Å². The molecule has 0 heterocycles. The van der Waals surface area contributed by atoms with Crippen molar-refractivity contribution in [2.24, 2.45) is 11.0 Å². The molecule has 18 heavy (non-hydrogen) atoms. The number of nitrogens with one attached hydrogen (secondary N) is 2. The van der Waals surface area contributed by atoms with Crippen molar-refractivity contribution in [2.45, 2.75) is 32.6 Å². The predicted molar refractivity (Wildman–Crippen MR) is 80.9 cm³/mol. The van der Waals surface area contributed by atoms with Gasteiger partial charge in [0, 0.05) is 11.4 Å². The maximum absolute atomic E-state index is 5.21. The van der Waals surface area contributed by atoms with Gasteiger partial charge in [-0.2, -0.15) is 5.10 Å². The number of nitrogens with zero attached hydrogens (tertiary/aromatic N) is 1. The SMILES string of the molecule is CC1CCCCC1=NNC(=S)Nc1ccccc1. The summed E-state index contributed by atoms with van der Waals surface area (Å²) in [5.41, 5.74) is 5.15. The highest BCUT2D eigenvalue weighted by atomic mass is 32.1. The van der Waals surface area contributed by atoms with Crippen LogP contribution in [0, 0.1) is 5.92 Å². The fourth-order valence-corrected chi connectivity index (χ4v) is 2.30. The summed E-state index contributed by atoms with van der Waals surface area (Å²) < 4.78 is 0. The molecule has 1 aromatic carbocycles. The van der Waals surface area contributed by atoms with Crippen LogP contribution in [0.15, 0.2) is 35.4 Å². The van der Waals surface area contributed by atoms with Gasteiger partial charge < -0.3 is 5.32 Å². The Morgan fingerprint density at radius 2 is 2.06 bits per heavy atom. The third-order valence-electron chi connectivity index (χ3n) is 3.22. The molecular formula is C14H19N3S. The van der Waals surface area contributed by atoms with Crippen LogP contribution in [0.5, 0.6) is 0 Å². The Balaban J connectivity index is 1.86. The highest BCUT2D eigenvalue weighted by Crippen LogP contribution is 2.20. The number of rotatable bonds is 2. The summed E-state index contributed by atoms with van der Waals surface area (Å²) in [6.45, 7) is 2.23. The number of hydrazone groups is 1. The van der Waals surface area contributed by atoms with Crippen LogP contribution in [0.25, 0.3) is 0 Å². The summed E-state index contributed by atoms with van der Waals surface area (Å²) in [4.78, 5) is 0. The van der Waals surface area contributed by atoms with E-state index in [9.17, 15) is 0 Å². The summed E-state index contributed by atoms with van der Waals surface area (Å²) in [5.74, 6) is 0.575. The van der Waals surface area contributed by atoms with Crippen molar-refractivity contribution in [3.63, 3.8) is 0 Å². The molecule has 1 saturated carbocycles. The minimum atomic E-state index is 0.548. The van der Waals surface area contributed by atoms with E-state index in [1.165, 1.54) is 25.0 Å². The number of hydrogen-bond donors (Lipinski definition) is 2. The maximum atomic E-state index is 5.21. The van der Waals surface area contributed by atoms with Crippen molar-refractivity contribution >= 4 is 28.7 Å². The zero-order valence-electron chi connectivity index (χ0n) is 10.6. The molecule has 1 aromatic rings. The van der Waals surface area contributed by atoms with Gasteiger partial charge in [0.1, 0.15) is 0 Å². The molecule has 1 atom stereocenters. The number of benzene rings is 1. The summed E-state index contributed by atoms with van der Waals surface area (Å²) in [7, 11) is 0. The Morgan fingerprint density at radius 1 is 1.28 bits per heavy atom. The lowest BCUT2D eigenvalue weighted by atomic mass is 9.89. The van der Waals surface area contributed by atoms with E-state index >= 15 is 0 Å². The largest absolute Gasteiger partial charge is 0.331 e. The number of para-hydroxylation sites is 1. The lowest BCUT2D eigenvalue weighted by molar-refractivity contribution is 0.555. The van der Waals surface area contributed by atoms with Crippen LogP contribution in [0.3, 0.4) is 0 Å². The molecule has 96 valence electrons. The zero-order chi connectivity index (χ0) is 12.8. The van der Waals surface area contributed by atoms with Crippen LogP contribution in [0.2, 0.25) is 0 Å². The summed E-state index contributed by atoms with van der Waals surface area (Å²) in [6, 6.07) is 9.88. The van der Waals surface area contributed by atoms with E-state index in [-0.39, 0.29) is 0 Å². The molecule has 0 radical (unpaired) electrons. The van der Waals surface area contributed by atoms with E-state index in [1.54, 1.807) is 0 Å². The van der Waals surface area contributed by atoms with Crippen molar-refractivity contribution < 1.29 is 0 Å². The van der Waals surface area contributed by atoms with Crippen LogP contribution in [0.4, 0.5) is 5.69 Å². The van der Waals surface area contributed by atoms with Gasteiger partial charge >= 0.3 is 0 Å². The van der Waals surface area contributed by atoms with Crippen molar-refractivity contribution in [1.82, 2.24) is 5.43 Å². The zero-order valence-corrected chi connectivity index (χ0v) is 11.5. The van der Waals surface area contributed by atoms with E-state index in [0.29, 0.717) is 11.0 Å². The first-order valence-corrected chi connectivity index (χ1v) is 6.85. The van der Waals surface area contributed by atoms with Crippen LogP contribution in [-0.2, 0) is 0 Å². The van der Waals surface area contributed by atoms with E-state index in [1.807, 2.05) is 30.3 Å². The third-order valence-corrected chi connectivity index (χ3v) is 3.41. The van der Waals surface area contributed by atoms with Gasteiger partial charge in [-0.1, -0.05) is 31.5 Å². The lowest BCUT2D eigenvalue weighted by Gasteiger charge is -2.20. The lowest BCUT2D eigenvalue weighted by Crippen LogP contribution is -2.27. The average molecular weight is 261 g/mol. The van der Waals surface area contributed by atoms with Gasteiger partial charge in [0.25, 0.3) is 0 Å². The fraction of sp³-hybridized carbons (Fsp3) is 0.429. The van der Waals surface area contributed by atoms with Gasteiger partial charge in [0.05, 0.1) is 0 Å². The van der Waals surface area contributed by atoms with E-state index in [0.717, 1.165) is 12.1 Å². The van der Waals surface area contributed by atoms with E-state index in [2.05, 4.69) is 22.8 Å². The molecular weight excluding hydrogens is 242 g/mol. The van der Waals surface area contributed by atoms with E-state index < -0.39 is 0 Å². The fourth-order valence-electron chi connectivity index (χ4n) is 2.14. The molecule has 0 spiro atoms. The Morgan fingerprint density at radius 3 is 2.78 bits per heavy atom. The number of thiocarbonyl (C=S) groups is 1. The number of anilines is 1. The average Bonchev–Trinajstić information content (AvgIpc) is 2.39. The standard InChI is InChI=1S/C14H19N3S/c1-11-7-5-6-10-13(11)16-17-14(18)15-12-8-3-2-4-9-12/h2-4,8-9,11H,5-7,10H2,1H3,(H2,15,17,18). The second-order valence-corrected chi connectivity index (χ2v) is 5.09. The molecule has 0 amide bonds. The highest BCUT2D eigenvalue weighted by Gasteiger charge is 2.15. The van der Waals surface area contributed by atoms with Crippen molar-refractivity contribution in [3.8, 4) is 0 Å². The van der Waals surface area contributed by atoms with Gasteiger partial charge in [-0.15, -0.1) is 0 Å². The first-order chi connectivity index (χ1) is 8.75. The summed E-state index contributed by atoms with van der Waals surface area (Å²) in [5, 5.41) is 8.08. The van der Waals surface area contributed by atoms with E-state index in [4.69, 9.17) is 12.2 Å². The first-order valence-electron chi connectivity index (χ1n) is 6.44. The van der Waals surface area contributed by atoms with Gasteiger partial charge in [-0.3, -0.25) is 5.43 Å². The van der Waals surface area contributed by atoms with Crippen molar-refractivity contribution in [3.05, 3.63) is 30.3 Å². The quantitative estimate of drug-likeness (QED) is 0.631. The minimum Gasteiger partial charge on any atom is -0.331 e. The van der Waals surface area contributed by atoms with Gasteiger partial charge in [-0.25, -0.2) is 0 Å². The first kappa shape index (κ1) is 13.0. The van der Waals surface area contributed by atoms with Gasteiger partial charge in [0.15, 0.2) is 5.11 Å². The molecule has 3 nitrogen and oxygen atoms in total. The monoisotopic (exact) mass is 261 g/mol. The molecule has 0 saturated heterocycles. The molecule has 1 aliphatic rings. The molecule has 4 heteroatoms. The molecule has 0 bridgehead atoms. The van der Waals surface area contributed by atoms with Gasteiger partial charge in [-0.05, 0) is 49.5 Å². The Labute approximate surface area is 114 Å². The molecule has 1 unspecified atom stereocenters. The van der Waals surface area contributed by atoms with Crippen LogP contribution >= 0.6 is 12.2 Å². The summed E-state index contributed by atoms with van der Waals surface area (Å²) >= 11 is 5.21. The Hall–Kier alpha value is -1.42. The highest BCUT2D eigenvalue weighted by molar-refractivity contribution is 7.80. The summed E-state index contributed by atoms with van der Waals surface area (Å²) in [6.07, 6.45) is 4.87. The van der Waals surface area contributed by atoms with Crippen LogP contribution in [-0.4, -0.2) is 10.8 Å². The second kappa shape index (κ2) is 6.50. The predicted octanol–water partition coefficient (Wildman–Crippen LogP) is 3.54. The normalized spacial score (nSPS) is 21.6. The Kier molecular flexibility index (Phi) is 4.70. The second-order valence-electron chi connectivity index (χ2n) is 4.68. The smallest absolute Gasteiger partial charge is 0.191 e. The minimum absolute atomic E-state index is 0.548. The molecule has 2 rings (SSSR count). The Bertz CT molecular complexity index is 428. The topological polar surface area (TPSA) is 36.4 Å². The van der Waals surface area contributed by atoms with Gasteiger partial charge in [0.2, 0.25) is 0 Å². The van der Waals surface area contributed by atoms with Crippen LogP contribution in [0.1, 0.15) is 32.6 Å². The maximum Gasteiger partial charge on any atom is 0.191 e. The molecule has 1 fully saturated rings. The number of hydrogen-bond acceptors (Lipinski definition) is 2. The van der Waals surface area contributed by atoms with Crippen molar-refractivity contribution in [2.75, 3.05) is 5.32 Å². The molecule has 2 N–H and O–H groups in total. The third kappa shape index (κ3) is 3.81. The molecule has 0 aromatic heterocycles. The molecule has 1 aliphatic carbocycles.